The molecule has 0 aliphatic heterocycles. The van der Waals surface area contributed by atoms with Gasteiger partial charge in [0.2, 0.25) is 11.1 Å². The van der Waals surface area contributed by atoms with Crippen molar-refractivity contribution >= 4 is 23.7 Å². The Kier molecular flexibility index (Phi) is 5.69. The first kappa shape index (κ1) is 16.9. The smallest absolute Gasteiger partial charge is 0.321 e. The molecule has 0 aliphatic carbocycles. The first-order chi connectivity index (χ1) is 11.0. The molecule has 2 rings (SSSR count). The van der Waals surface area contributed by atoms with Crippen LogP contribution in [0.4, 0.5) is 9.18 Å². The van der Waals surface area contributed by atoms with Crippen LogP contribution in [-0.2, 0) is 4.79 Å². The molecule has 1 unspecified atom stereocenters. The molecule has 1 heterocycles. The summed E-state index contributed by atoms with van der Waals surface area (Å²) in [5, 5.41) is 11.0. The number of thioether (sulfide) groups is 1. The van der Waals surface area contributed by atoms with Crippen molar-refractivity contribution < 1.29 is 14.0 Å². The molecule has 7 nitrogen and oxygen atoms in total. The number of hydrogen-bond acceptors (Lipinski definition) is 5. The van der Waals surface area contributed by atoms with Crippen molar-refractivity contribution in [2.75, 3.05) is 6.54 Å². The second-order valence-corrected chi connectivity index (χ2v) is 5.86. The minimum absolute atomic E-state index is 0.280. The average molecular weight is 337 g/mol. The zero-order chi connectivity index (χ0) is 16.8. The molecule has 1 aromatic carbocycles. The maximum absolute atomic E-state index is 13.7. The minimum Gasteiger partial charge on any atom is -0.338 e. The molecular weight excluding hydrogens is 321 g/mol. The van der Waals surface area contributed by atoms with E-state index in [1.165, 1.54) is 6.07 Å². The van der Waals surface area contributed by atoms with E-state index in [-0.39, 0.29) is 5.82 Å². The van der Waals surface area contributed by atoms with Crippen molar-refractivity contribution in [2.45, 2.75) is 24.3 Å². The van der Waals surface area contributed by atoms with E-state index in [0.29, 0.717) is 17.3 Å². The van der Waals surface area contributed by atoms with Crippen LogP contribution in [0.5, 0.6) is 0 Å². The van der Waals surface area contributed by atoms with E-state index in [0.717, 1.165) is 11.8 Å². The van der Waals surface area contributed by atoms with Gasteiger partial charge in [-0.25, -0.2) is 14.2 Å². The van der Waals surface area contributed by atoms with Gasteiger partial charge in [-0.1, -0.05) is 23.9 Å². The molecule has 0 radical (unpaired) electrons. The maximum Gasteiger partial charge on any atom is 0.321 e. The third-order valence-corrected chi connectivity index (χ3v) is 3.78. The zero-order valence-electron chi connectivity index (χ0n) is 12.6. The Hall–Kier alpha value is -2.42. The van der Waals surface area contributed by atoms with Crippen molar-refractivity contribution in [3.8, 4) is 11.4 Å². The Morgan fingerprint density at radius 2 is 2.13 bits per heavy atom. The van der Waals surface area contributed by atoms with E-state index < -0.39 is 23.0 Å². The number of aromatic nitrogens is 3. The number of rotatable bonds is 5. The Morgan fingerprint density at radius 1 is 1.39 bits per heavy atom. The average Bonchev–Trinajstić information content (AvgIpc) is 2.96. The summed E-state index contributed by atoms with van der Waals surface area (Å²) in [5.41, 5.74) is 0.297. The number of halogens is 1. The lowest BCUT2D eigenvalue weighted by molar-refractivity contribution is -0.119. The highest BCUT2D eigenvalue weighted by Gasteiger charge is 2.19. The largest absolute Gasteiger partial charge is 0.338 e. The van der Waals surface area contributed by atoms with Crippen LogP contribution in [0.25, 0.3) is 11.4 Å². The number of carbonyl (C=O) groups excluding carboxylic acids is 2. The molecule has 0 saturated heterocycles. The maximum atomic E-state index is 13.7. The van der Waals surface area contributed by atoms with Gasteiger partial charge in [0, 0.05) is 6.54 Å². The van der Waals surface area contributed by atoms with Crippen molar-refractivity contribution in [3.63, 3.8) is 0 Å². The number of carbonyl (C=O) groups is 2. The van der Waals surface area contributed by atoms with Crippen molar-refractivity contribution in [1.82, 2.24) is 25.8 Å². The first-order valence-electron chi connectivity index (χ1n) is 6.94. The van der Waals surface area contributed by atoms with Crippen LogP contribution >= 0.6 is 11.8 Å². The molecule has 1 aromatic heterocycles. The van der Waals surface area contributed by atoms with Crippen LogP contribution in [0, 0.1) is 5.82 Å². The van der Waals surface area contributed by atoms with Gasteiger partial charge in [-0.15, -0.1) is 5.10 Å². The molecule has 2 aromatic rings. The Balaban J connectivity index is 2.00. The fourth-order valence-electron chi connectivity index (χ4n) is 1.70. The van der Waals surface area contributed by atoms with Gasteiger partial charge in [-0.2, -0.15) is 0 Å². The van der Waals surface area contributed by atoms with Crippen LogP contribution in [-0.4, -0.2) is 38.9 Å². The Bertz CT molecular complexity index is 706. The van der Waals surface area contributed by atoms with Gasteiger partial charge in [-0.05, 0) is 26.0 Å². The topological polar surface area (TPSA) is 99.8 Å². The summed E-state index contributed by atoms with van der Waals surface area (Å²) in [6, 6.07) is 5.63. The van der Waals surface area contributed by atoms with Gasteiger partial charge in [-0.3, -0.25) is 15.2 Å². The molecule has 0 fully saturated rings. The van der Waals surface area contributed by atoms with E-state index in [1.807, 2.05) is 0 Å². The summed E-state index contributed by atoms with van der Waals surface area (Å²) in [6.07, 6.45) is 0. The number of benzene rings is 1. The predicted octanol–water partition coefficient (Wildman–Crippen LogP) is 1.94. The number of nitrogens with one attached hydrogen (secondary N) is 3. The van der Waals surface area contributed by atoms with E-state index in [2.05, 4.69) is 25.8 Å². The first-order valence-corrected chi connectivity index (χ1v) is 7.82. The number of aromatic amines is 1. The molecule has 23 heavy (non-hydrogen) atoms. The summed E-state index contributed by atoms with van der Waals surface area (Å²) in [5.74, 6) is -0.595. The van der Waals surface area contributed by atoms with Gasteiger partial charge in [0.05, 0.1) is 10.8 Å². The minimum atomic E-state index is -0.582. The van der Waals surface area contributed by atoms with Crippen molar-refractivity contribution in [1.29, 1.82) is 0 Å². The molecule has 122 valence electrons. The number of nitrogens with zero attached hydrogens (tertiary/aromatic N) is 2. The number of urea groups is 1. The van der Waals surface area contributed by atoms with Gasteiger partial charge in [0.25, 0.3) is 0 Å². The van der Waals surface area contributed by atoms with Gasteiger partial charge in [0.1, 0.15) is 5.82 Å². The van der Waals surface area contributed by atoms with E-state index >= 15 is 0 Å². The number of amides is 3. The molecule has 0 bridgehead atoms. The normalized spacial score (nSPS) is 11.8. The lowest BCUT2D eigenvalue weighted by Gasteiger charge is -2.09. The van der Waals surface area contributed by atoms with Crippen molar-refractivity contribution in [2.24, 2.45) is 0 Å². The molecule has 9 heteroatoms. The van der Waals surface area contributed by atoms with Crippen LogP contribution in [0.1, 0.15) is 13.8 Å². The fraction of sp³-hybridized carbons (Fsp3) is 0.286. The zero-order valence-corrected chi connectivity index (χ0v) is 13.4. The molecule has 0 spiro atoms. The quantitative estimate of drug-likeness (QED) is 0.724. The second-order valence-electron chi connectivity index (χ2n) is 4.56. The molecule has 0 aliphatic rings. The summed E-state index contributed by atoms with van der Waals surface area (Å²) >= 11 is 1.07. The Morgan fingerprint density at radius 3 is 2.83 bits per heavy atom. The van der Waals surface area contributed by atoms with E-state index in [1.54, 1.807) is 32.0 Å². The third kappa shape index (κ3) is 4.52. The van der Waals surface area contributed by atoms with E-state index in [9.17, 15) is 14.0 Å². The van der Waals surface area contributed by atoms with Gasteiger partial charge >= 0.3 is 6.03 Å². The number of hydrogen-bond donors (Lipinski definition) is 3. The summed E-state index contributed by atoms with van der Waals surface area (Å²) in [7, 11) is 0. The fourth-order valence-corrected chi connectivity index (χ4v) is 2.43. The predicted molar refractivity (Wildman–Crippen MR) is 84.3 cm³/mol. The van der Waals surface area contributed by atoms with Crippen LogP contribution in [0.3, 0.4) is 0 Å². The van der Waals surface area contributed by atoms with Crippen LogP contribution in [0.15, 0.2) is 29.4 Å². The second kappa shape index (κ2) is 7.73. The molecule has 3 N–H and O–H groups in total. The standard InChI is InChI=1S/C14H16FN5O2S/c1-3-16-13(22)18-12(21)8(2)23-14-17-11(19-20-14)9-6-4-5-7-10(9)15/h4-8H,3H2,1-2H3,(H,17,19,20)(H2,16,18,21,22). The number of H-pyrrole nitrogens is 1. The van der Waals surface area contributed by atoms with Crippen molar-refractivity contribution in [3.05, 3.63) is 30.1 Å². The lowest BCUT2D eigenvalue weighted by atomic mass is 10.2. The van der Waals surface area contributed by atoms with Gasteiger partial charge < -0.3 is 5.32 Å². The number of imide groups is 1. The molecule has 0 saturated carbocycles. The van der Waals surface area contributed by atoms with E-state index in [4.69, 9.17) is 0 Å². The summed E-state index contributed by atoms with van der Waals surface area (Å²) < 4.78 is 13.7. The Labute approximate surface area is 136 Å². The monoisotopic (exact) mass is 337 g/mol. The highest BCUT2D eigenvalue weighted by atomic mass is 32.2. The third-order valence-electron chi connectivity index (χ3n) is 2.82. The van der Waals surface area contributed by atoms with Crippen LogP contribution in [0.2, 0.25) is 0 Å². The van der Waals surface area contributed by atoms with Gasteiger partial charge in [0.15, 0.2) is 5.82 Å². The SMILES string of the molecule is CCNC(=O)NC(=O)C(C)Sc1n[nH]c(-c2ccccc2F)n1. The molecule has 1 atom stereocenters. The summed E-state index contributed by atoms with van der Waals surface area (Å²) in [4.78, 5) is 27.3. The lowest BCUT2D eigenvalue weighted by Crippen LogP contribution is -2.42. The van der Waals surface area contributed by atoms with Crippen LogP contribution < -0.4 is 10.6 Å². The summed E-state index contributed by atoms with van der Waals surface area (Å²) in [6.45, 7) is 3.80. The highest BCUT2D eigenvalue weighted by Crippen LogP contribution is 2.24. The highest BCUT2D eigenvalue weighted by molar-refractivity contribution is 8.00. The molecular formula is C14H16FN5O2S. The molecule has 3 amide bonds.